The molecule has 3 rings (SSSR count). The Morgan fingerprint density at radius 3 is 2.30 bits per heavy atom. The largest absolute Gasteiger partial charge is 0.491 e. The molecule has 0 amide bonds. The molecule has 0 aliphatic rings. The van der Waals surface area contributed by atoms with Gasteiger partial charge in [-0.1, -0.05) is 18.2 Å². The highest BCUT2D eigenvalue weighted by molar-refractivity contribution is 7.89. The summed E-state index contributed by atoms with van der Waals surface area (Å²) in [5.74, 6) is -2.05. The number of hydrogen-bond acceptors (Lipinski definition) is 5. The molecule has 0 fully saturated rings. The van der Waals surface area contributed by atoms with Crippen LogP contribution in [0.5, 0.6) is 5.75 Å². The number of sulfonamides is 1. The summed E-state index contributed by atoms with van der Waals surface area (Å²) < 4.78 is 56.1. The molecule has 30 heavy (non-hydrogen) atoms. The van der Waals surface area contributed by atoms with Crippen molar-refractivity contribution in [2.75, 3.05) is 6.61 Å². The van der Waals surface area contributed by atoms with Crippen LogP contribution in [0.15, 0.2) is 65.8 Å². The van der Waals surface area contributed by atoms with Crippen LogP contribution in [0, 0.1) is 11.6 Å². The highest BCUT2D eigenvalue weighted by atomic mass is 32.2. The first-order valence-electron chi connectivity index (χ1n) is 9.06. The first-order chi connectivity index (χ1) is 14.2. The Hall–Kier alpha value is -2.88. The summed E-state index contributed by atoms with van der Waals surface area (Å²) in [5.41, 5.74) is 1.63. The molecule has 1 heterocycles. The third-order valence-electron chi connectivity index (χ3n) is 4.40. The molecule has 0 aliphatic carbocycles. The number of hydrogen-bond donors (Lipinski definition) is 2. The van der Waals surface area contributed by atoms with E-state index in [2.05, 4.69) is 4.98 Å². The highest BCUT2D eigenvalue weighted by Crippen LogP contribution is 2.28. The molecule has 1 aromatic heterocycles. The summed E-state index contributed by atoms with van der Waals surface area (Å²) in [6.45, 7) is 0.0892. The SMILES string of the molecule is NS(=O)(=O)c1c(F)cc(-c2ccc(OCC(O)CCc3cccnc3)cc2)cc1F. The molecule has 0 saturated heterocycles. The number of nitrogens with zero attached hydrogens (tertiary/aromatic N) is 1. The standard InChI is InChI=1S/C21H20F2N2O4S/c22-19-10-16(11-20(23)21(19)30(24,27)28)15-4-7-18(8-5-15)29-13-17(26)6-3-14-2-1-9-25-12-14/h1-2,4-5,7-12,17,26H,3,6,13H2,(H2,24,27,28). The van der Waals surface area contributed by atoms with Crippen LogP contribution in [-0.2, 0) is 16.4 Å². The number of benzene rings is 2. The Morgan fingerprint density at radius 2 is 1.73 bits per heavy atom. The van der Waals surface area contributed by atoms with E-state index in [1.165, 1.54) is 0 Å². The maximum absolute atomic E-state index is 14.0. The number of nitrogens with two attached hydrogens (primary N) is 1. The van der Waals surface area contributed by atoms with Crippen molar-refractivity contribution in [3.63, 3.8) is 0 Å². The number of aryl methyl sites for hydroxylation is 1. The molecule has 158 valence electrons. The Morgan fingerprint density at radius 1 is 1.07 bits per heavy atom. The van der Waals surface area contributed by atoms with Crippen LogP contribution in [-0.4, -0.2) is 31.2 Å². The lowest BCUT2D eigenvalue weighted by Gasteiger charge is -2.13. The normalized spacial score (nSPS) is 12.5. The van der Waals surface area contributed by atoms with E-state index in [4.69, 9.17) is 9.88 Å². The van der Waals surface area contributed by atoms with E-state index >= 15 is 0 Å². The molecule has 2 aromatic carbocycles. The summed E-state index contributed by atoms with van der Waals surface area (Å²) in [4.78, 5) is 2.86. The van der Waals surface area contributed by atoms with Crippen molar-refractivity contribution < 1.29 is 27.0 Å². The number of pyridine rings is 1. The number of aromatic nitrogens is 1. The lowest BCUT2D eigenvalue weighted by Crippen LogP contribution is -2.18. The van der Waals surface area contributed by atoms with Gasteiger partial charge >= 0.3 is 0 Å². The third kappa shape index (κ3) is 5.59. The summed E-state index contributed by atoms with van der Waals surface area (Å²) in [6, 6.07) is 11.9. The first-order valence-corrected chi connectivity index (χ1v) is 10.6. The number of aliphatic hydroxyl groups excluding tert-OH is 1. The molecule has 0 aliphatic heterocycles. The summed E-state index contributed by atoms with van der Waals surface area (Å²) in [7, 11) is -4.51. The average Bonchev–Trinajstić information content (AvgIpc) is 2.70. The zero-order valence-corrected chi connectivity index (χ0v) is 16.6. The maximum Gasteiger partial charge on any atom is 0.243 e. The summed E-state index contributed by atoms with van der Waals surface area (Å²) >= 11 is 0. The summed E-state index contributed by atoms with van der Waals surface area (Å²) in [6.07, 6.45) is 3.94. The second-order valence-corrected chi connectivity index (χ2v) is 8.20. The van der Waals surface area contributed by atoms with Crippen LogP contribution in [0.3, 0.4) is 0 Å². The predicted molar refractivity (Wildman–Crippen MR) is 107 cm³/mol. The van der Waals surface area contributed by atoms with Gasteiger partial charge in [-0.05, 0) is 59.9 Å². The van der Waals surface area contributed by atoms with Crippen LogP contribution in [0.4, 0.5) is 8.78 Å². The van der Waals surface area contributed by atoms with Gasteiger partial charge in [0, 0.05) is 12.4 Å². The zero-order valence-electron chi connectivity index (χ0n) is 15.8. The zero-order chi connectivity index (χ0) is 21.7. The molecule has 3 aromatic rings. The fourth-order valence-corrected chi connectivity index (χ4v) is 3.56. The van der Waals surface area contributed by atoms with Crippen molar-refractivity contribution in [2.45, 2.75) is 23.8 Å². The lowest BCUT2D eigenvalue weighted by molar-refractivity contribution is 0.100. The van der Waals surface area contributed by atoms with E-state index in [-0.39, 0.29) is 12.2 Å². The Labute approximate surface area is 173 Å². The summed E-state index contributed by atoms with van der Waals surface area (Å²) in [5, 5.41) is 14.9. The molecule has 9 heteroatoms. The van der Waals surface area contributed by atoms with Gasteiger partial charge in [0.2, 0.25) is 10.0 Å². The Kier molecular flexibility index (Phi) is 6.76. The third-order valence-corrected chi connectivity index (χ3v) is 5.36. The molecular formula is C21H20F2N2O4S. The molecule has 1 unspecified atom stereocenters. The van der Waals surface area contributed by atoms with Gasteiger partial charge in [0.1, 0.15) is 24.0 Å². The van der Waals surface area contributed by atoms with Gasteiger partial charge in [0.25, 0.3) is 0 Å². The van der Waals surface area contributed by atoms with Crippen molar-refractivity contribution in [2.24, 2.45) is 5.14 Å². The molecule has 0 radical (unpaired) electrons. The van der Waals surface area contributed by atoms with Crippen molar-refractivity contribution in [3.8, 4) is 16.9 Å². The quantitative estimate of drug-likeness (QED) is 0.567. The van der Waals surface area contributed by atoms with Gasteiger partial charge in [0.15, 0.2) is 4.90 Å². The second-order valence-electron chi connectivity index (χ2n) is 6.70. The van der Waals surface area contributed by atoms with E-state index in [1.54, 1.807) is 36.7 Å². The fraction of sp³-hybridized carbons (Fsp3) is 0.190. The van der Waals surface area contributed by atoms with E-state index < -0.39 is 32.7 Å². The molecule has 0 saturated carbocycles. The van der Waals surface area contributed by atoms with Crippen LogP contribution in [0.25, 0.3) is 11.1 Å². The van der Waals surface area contributed by atoms with Crippen LogP contribution < -0.4 is 9.88 Å². The van der Waals surface area contributed by atoms with Gasteiger partial charge in [-0.2, -0.15) is 0 Å². The van der Waals surface area contributed by atoms with Crippen molar-refractivity contribution >= 4 is 10.0 Å². The molecule has 0 bridgehead atoms. The minimum atomic E-state index is -4.51. The number of primary sulfonamides is 1. The maximum atomic E-state index is 14.0. The molecule has 6 nitrogen and oxygen atoms in total. The highest BCUT2D eigenvalue weighted by Gasteiger charge is 2.21. The van der Waals surface area contributed by atoms with Crippen molar-refractivity contribution in [3.05, 3.63) is 78.1 Å². The minimum Gasteiger partial charge on any atom is -0.491 e. The Bertz CT molecular complexity index is 1080. The molecule has 0 spiro atoms. The van der Waals surface area contributed by atoms with Crippen LogP contribution in [0.1, 0.15) is 12.0 Å². The smallest absolute Gasteiger partial charge is 0.243 e. The molecular weight excluding hydrogens is 414 g/mol. The van der Waals surface area contributed by atoms with Gasteiger partial charge in [-0.3, -0.25) is 4.98 Å². The average molecular weight is 434 g/mol. The predicted octanol–water partition coefficient (Wildman–Crippen LogP) is 3.05. The monoisotopic (exact) mass is 434 g/mol. The van der Waals surface area contributed by atoms with E-state index in [0.717, 1.165) is 17.7 Å². The second kappa shape index (κ2) is 9.29. The lowest BCUT2D eigenvalue weighted by atomic mass is 10.1. The van der Waals surface area contributed by atoms with Gasteiger partial charge in [-0.15, -0.1) is 0 Å². The first kappa shape index (κ1) is 21.8. The van der Waals surface area contributed by atoms with Gasteiger partial charge in [-0.25, -0.2) is 22.3 Å². The van der Waals surface area contributed by atoms with Crippen molar-refractivity contribution in [1.29, 1.82) is 0 Å². The number of ether oxygens (including phenoxy) is 1. The van der Waals surface area contributed by atoms with Crippen LogP contribution >= 0.6 is 0 Å². The van der Waals surface area contributed by atoms with E-state index in [0.29, 0.717) is 24.2 Å². The molecule has 1 atom stereocenters. The fourth-order valence-electron chi connectivity index (χ4n) is 2.90. The minimum absolute atomic E-state index is 0.0892. The van der Waals surface area contributed by atoms with Crippen LogP contribution in [0.2, 0.25) is 0 Å². The topological polar surface area (TPSA) is 103 Å². The van der Waals surface area contributed by atoms with Gasteiger partial charge < -0.3 is 9.84 Å². The van der Waals surface area contributed by atoms with E-state index in [1.807, 2.05) is 12.1 Å². The van der Waals surface area contributed by atoms with Crippen molar-refractivity contribution in [1.82, 2.24) is 4.98 Å². The number of aliphatic hydroxyl groups is 1. The molecule has 3 N–H and O–H groups in total. The van der Waals surface area contributed by atoms with Gasteiger partial charge in [0.05, 0.1) is 6.10 Å². The van der Waals surface area contributed by atoms with E-state index in [9.17, 15) is 22.3 Å². The number of rotatable bonds is 8. The number of halogens is 2. The Balaban J connectivity index is 1.61.